The number of hydrogen-bond acceptors (Lipinski definition) is 5. The Morgan fingerprint density at radius 2 is 2.03 bits per heavy atom. The average Bonchev–Trinajstić information content (AvgIpc) is 3.52. The summed E-state index contributed by atoms with van der Waals surface area (Å²) >= 11 is 1.59. The lowest BCUT2D eigenvalue weighted by Crippen LogP contribution is -2.15. The molecule has 0 saturated carbocycles. The number of hydrogen-bond donors (Lipinski definition) is 1. The highest BCUT2D eigenvalue weighted by molar-refractivity contribution is 7.13. The third kappa shape index (κ3) is 3.62. The number of nitrogens with one attached hydrogen (secondary N) is 1. The molecule has 4 aromatic heterocycles. The van der Waals surface area contributed by atoms with Gasteiger partial charge in [-0.05, 0) is 42.1 Å². The number of carbonyl (C=O) groups excluding carboxylic acids is 1. The van der Waals surface area contributed by atoms with Crippen LogP contribution in [0.1, 0.15) is 21.6 Å². The second-order valence-electron chi connectivity index (χ2n) is 7.25. The Labute approximate surface area is 183 Å². The lowest BCUT2D eigenvalue weighted by Gasteiger charge is -2.13. The van der Waals surface area contributed by atoms with Crippen molar-refractivity contribution in [2.24, 2.45) is 7.05 Å². The molecule has 0 aliphatic carbocycles. The first-order valence-corrected chi connectivity index (χ1v) is 10.7. The monoisotopic (exact) mass is 428 g/mol. The van der Waals surface area contributed by atoms with Gasteiger partial charge in [0.25, 0.3) is 5.91 Å². The van der Waals surface area contributed by atoms with Crippen LogP contribution in [0.4, 0.5) is 5.69 Å². The highest BCUT2D eigenvalue weighted by atomic mass is 32.1. The van der Waals surface area contributed by atoms with Crippen LogP contribution < -0.4 is 5.32 Å². The first-order chi connectivity index (χ1) is 15.1. The van der Waals surface area contributed by atoms with E-state index in [4.69, 9.17) is 4.98 Å². The van der Waals surface area contributed by atoms with Crippen molar-refractivity contribution in [3.05, 3.63) is 83.1 Å². The quantitative estimate of drug-likeness (QED) is 0.447. The van der Waals surface area contributed by atoms with Crippen LogP contribution >= 0.6 is 11.3 Å². The Balaban J connectivity index is 1.56. The summed E-state index contributed by atoms with van der Waals surface area (Å²) in [6.45, 7) is 2.47. The number of rotatable bonds is 5. The number of nitrogens with zero attached hydrogens (tertiary/aromatic N) is 5. The number of carbonyl (C=O) groups is 1. The Morgan fingerprint density at radius 3 is 2.81 bits per heavy atom. The fraction of sp³-hybridized carbons (Fsp3) is 0.130. The van der Waals surface area contributed by atoms with E-state index in [1.54, 1.807) is 22.2 Å². The highest BCUT2D eigenvalue weighted by Gasteiger charge is 2.20. The van der Waals surface area contributed by atoms with Crippen LogP contribution in [0.5, 0.6) is 0 Å². The molecule has 154 valence electrons. The number of thiophene rings is 1. The van der Waals surface area contributed by atoms with Crippen molar-refractivity contribution in [1.82, 2.24) is 24.5 Å². The summed E-state index contributed by atoms with van der Waals surface area (Å²) in [7, 11) is 1.85. The molecule has 0 aliphatic rings. The molecule has 0 aliphatic heterocycles. The Bertz CT molecular complexity index is 1370. The molecule has 0 fully saturated rings. The summed E-state index contributed by atoms with van der Waals surface area (Å²) < 4.78 is 3.56. The van der Waals surface area contributed by atoms with E-state index in [2.05, 4.69) is 15.5 Å². The van der Waals surface area contributed by atoms with Gasteiger partial charge >= 0.3 is 0 Å². The predicted molar refractivity (Wildman–Crippen MR) is 122 cm³/mol. The molecule has 4 heterocycles. The van der Waals surface area contributed by atoms with Crippen molar-refractivity contribution in [2.75, 3.05) is 5.32 Å². The van der Waals surface area contributed by atoms with Crippen molar-refractivity contribution < 1.29 is 4.79 Å². The maximum atomic E-state index is 13.5. The van der Waals surface area contributed by atoms with Gasteiger partial charge < -0.3 is 5.32 Å². The molecule has 0 unspecified atom stereocenters. The molecule has 5 aromatic rings. The molecule has 7 nitrogen and oxygen atoms in total. The standard InChI is InChI=1S/C23H20N6OS/c1-15-21-17(13-19(20-9-5-12-31-20)25-22(21)28(2)27-15)23(30)26-18-8-4-3-7-16(18)14-29-11-6-10-24-29/h3-13H,14H2,1-2H3,(H,26,30). The molecule has 8 heteroatoms. The summed E-state index contributed by atoms with van der Waals surface area (Å²) in [5.41, 5.74) is 4.53. The number of aryl methyl sites for hydroxylation is 2. The van der Waals surface area contributed by atoms with Crippen molar-refractivity contribution in [3.8, 4) is 10.6 Å². The van der Waals surface area contributed by atoms with Crippen molar-refractivity contribution >= 4 is 34.0 Å². The minimum Gasteiger partial charge on any atom is -0.322 e. The molecule has 1 N–H and O–H groups in total. The molecule has 0 spiro atoms. The normalized spacial score (nSPS) is 11.2. The highest BCUT2D eigenvalue weighted by Crippen LogP contribution is 2.30. The Hall–Kier alpha value is -3.78. The molecule has 1 aromatic carbocycles. The number of para-hydroxylation sites is 1. The number of pyridine rings is 1. The molecule has 1 amide bonds. The largest absolute Gasteiger partial charge is 0.322 e. The van der Waals surface area contributed by atoms with E-state index in [0.717, 1.165) is 32.9 Å². The molecular weight excluding hydrogens is 408 g/mol. The smallest absolute Gasteiger partial charge is 0.256 e. The first-order valence-electron chi connectivity index (χ1n) is 9.85. The molecule has 5 rings (SSSR count). The van der Waals surface area contributed by atoms with Gasteiger partial charge in [0.15, 0.2) is 5.65 Å². The molecule has 0 saturated heterocycles. The summed E-state index contributed by atoms with van der Waals surface area (Å²) in [5, 5.41) is 14.6. The lowest BCUT2D eigenvalue weighted by atomic mass is 10.1. The third-order valence-corrected chi connectivity index (χ3v) is 6.04. The first kappa shape index (κ1) is 19.2. The summed E-state index contributed by atoms with van der Waals surface area (Å²) in [6.07, 6.45) is 3.64. The SMILES string of the molecule is Cc1nn(C)c2nc(-c3cccs3)cc(C(=O)Nc3ccccc3Cn3cccn3)c12. The van der Waals surface area contributed by atoms with Crippen molar-refractivity contribution in [1.29, 1.82) is 0 Å². The van der Waals surface area contributed by atoms with E-state index >= 15 is 0 Å². The number of anilines is 1. The zero-order chi connectivity index (χ0) is 21.4. The molecular formula is C23H20N6OS. The molecule has 0 atom stereocenters. The Morgan fingerprint density at radius 1 is 1.16 bits per heavy atom. The minimum atomic E-state index is -0.186. The molecule has 0 bridgehead atoms. The van der Waals surface area contributed by atoms with Gasteiger partial charge in [0.1, 0.15) is 0 Å². The minimum absolute atomic E-state index is 0.186. The number of benzene rings is 1. The van der Waals surface area contributed by atoms with Crippen LogP contribution in [0.2, 0.25) is 0 Å². The van der Waals surface area contributed by atoms with Gasteiger partial charge in [0.2, 0.25) is 0 Å². The van der Waals surface area contributed by atoms with Crippen molar-refractivity contribution in [3.63, 3.8) is 0 Å². The maximum Gasteiger partial charge on any atom is 0.256 e. The number of fused-ring (bicyclic) bond motifs is 1. The van der Waals surface area contributed by atoms with Crippen LogP contribution in [0.25, 0.3) is 21.6 Å². The fourth-order valence-corrected chi connectivity index (χ4v) is 4.40. The molecule has 0 radical (unpaired) electrons. The molecule has 31 heavy (non-hydrogen) atoms. The zero-order valence-corrected chi connectivity index (χ0v) is 17.9. The van der Waals surface area contributed by atoms with E-state index < -0.39 is 0 Å². The lowest BCUT2D eigenvalue weighted by molar-refractivity contribution is 0.102. The number of aromatic nitrogens is 5. The van der Waals surface area contributed by atoms with Crippen LogP contribution in [0, 0.1) is 6.92 Å². The van der Waals surface area contributed by atoms with E-state index in [1.807, 2.05) is 78.8 Å². The average molecular weight is 429 g/mol. The van der Waals surface area contributed by atoms with Gasteiger partial charge in [-0.25, -0.2) is 4.98 Å². The predicted octanol–water partition coefficient (Wildman–Crippen LogP) is 4.50. The van der Waals surface area contributed by atoms with Crippen molar-refractivity contribution in [2.45, 2.75) is 13.5 Å². The maximum absolute atomic E-state index is 13.5. The fourth-order valence-electron chi connectivity index (χ4n) is 3.71. The van der Waals surface area contributed by atoms with Crippen LogP contribution in [0.3, 0.4) is 0 Å². The van der Waals surface area contributed by atoms with Gasteiger partial charge in [-0.1, -0.05) is 24.3 Å². The number of amides is 1. The van der Waals surface area contributed by atoms with E-state index in [1.165, 1.54) is 0 Å². The van der Waals surface area contributed by atoms with Gasteiger partial charge in [-0.2, -0.15) is 10.2 Å². The zero-order valence-electron chi connectivity index (χ0n) is 17.1. The van der Waals surface area contributed by atoms with Crippen LogP contribution in [-0.4, -0.2) is 30.5 Å². The van der Waals surface area contributed by atoms with E-state index in [9.17, 15) is 4.79 Å². The second-order valence-corrected chi connectivity index (χ2v) is 8.20. The van der Waals surface area contributed by atoms with Gasteiger partial charge in [0, 0.05) is 25.1 Å². The third-order valence-electron chi connectivity index (χ3n) is 5.14. The van der Waals surface area contributed by atoms with Crippen LogP contribution in [0.15, 0.2) is 66.3 Å². The van der Waals surface area contributed by atoms with Gasteiger partial charge in [-0.3, -0.25) is 14.2 Å². The van der Waals surface area contributed by atoms with Gasteiger partial charge in [-0.15, -0.1) is 11.3 Å². The topological polar surface area (TPSA) is 77.6 Å². The summed E-state index contributed by atoms with van der Waals surface area (Å²) in [6, 6.07) is 15.5. The summed E-state index contributed by atoms with van der Waals surface area (Å²) in [5.74, 6) is -0.186. The van der Waals surface area contributed by atoms with E-state index in [-0.39, 0.29) is 5.91 Å². The summed E-state index contributed by atoms with van der Waals surface area (Å²) in [4.78, 5) is 19.3. The second kappa shape index (κ2) is 7.81. The van der Waals surface area contributed by atoms with Crippen LogP contribution in [-0.2, 0) is 13.6 Å². The van der Waals surface area contributed by atoms with Gasteiger partial charge in [0.05, 0.1) is 33.8 Å². The van der Waals surface area contributed by atoms with E-state index in [0.29, 0.717) is 17.8 Å². The Kier molecular flexibility index (Phi) is 4.83.